The fraction of sp³-hybridized carbons (Fsp3) is 0.647. The van der Waals surface area contributed by atoms with E-state index in [1.807, 2.05) is 26.0 Å². The second kappa shape index (κ2) is 7.57. The number of hydrogen-bond donors (Lipinski definition) is 1. The van der Waals surface area contributed by atoms with Crippen LogP contribution in [0.25, 0.3) is 0 Å². The van der Waals surface area contributed by atoms with Crippen molar-refractivity contribution in [2.24, 2.45) is 5.92 Å². The van der Waals surface area contributed by atoms with Gasteiger partial charge >= 0.3 is 0 Å². The zero-order chi connectivity index (χ0) is 16.2. The summed E-state index contributed by atoms with van der Waals surface area (Å²) < 4.78 is 27.5. The molecule has 124 valence electrons. The maximum absolute atomic E-state index is 12.4. The normalized spacial score (nSPS) is 20.2. The molecule has 4 nitrogen and oxygen atoms in total. The van der Waals surface area contributed by atoms with Gasteiger partial charge in [0.1, 0.15) is 0 Å². The van der Waals surface area contributed by atoms with E-state index < -0.39 is 10.0 Å². The molecule has 1 fully saturated rings. The highest BCUT2D eigenvalue weighted by atomic mass is 32.2. The van der Waals surface area contributed by atoms with Gasteiger partial charge in [-0.05, 0) is 69.3 Å². The van der Waals surface area contributed by atoms with Crippen LogP contribution in [0, 0.1) is 19.8 Å². The molecule has 0 aromatic heterocycles. The van der Waals surface area contributed by atoms with Gasteiger partial charge in [-0.1, -0.05) is 19.1 Å². The second-order valence-electron chi connectivity index (χ2n) is 6.57. The Morgan fingerprint density at radius 1 is 1.32 bits per heavy atom. The van der Waals surface area contributed by atoms with Crippen molar-refractivity contribution < 1.29 is 8.42 Å². The van der Waals surface area contributed by atoms with Crippen LogP contribution < -0.4 is 4.72 Å². The van der Waals surface area contributed by atoms with E-state index in [4.69, 9.17) is 0 Å². The van der Waals surface area contributed by atoms with Gasteiger partial charge in [0.25, 0.3) is 0 Å². The van der Waals surface area contributed by atoms with Gasteiger partial charge in [0.2, 0.25) is 10.0 Å². The zero-order valence-electron chi connectivity index (χ0n) is 13.9. The largest absolute Gasteiger partial charge is 0.303 e. The average Bonchev–Trinajstić information content (AvgIpc) is 2.46. The lowest BCUT2D eigenvalue weighted by Gasteiger charge is -2.30. The Morgan fingerprint density at radius 3 is 2.82 bits per heavy atom. The van der Waals surface area contributed by atoms with E-state index in [0.717, 1.165) is 43.1 Å². The molecule has 5 heteroatoms. The number of aryl methyl sites for hydroxylation is 2. The lowest BCUT2D eigenvalue weighted by Crippen LogP contribution is -2.36. The molecule has 0 amide bonds. The highest BCUT2D eigenvalue weighted by Gasteiger charge is 2.18. The predicted octanol–water partition coefficient (Wildman–Crippen LogP) is 2.70. The lowest BCUT2D eigenvalue weighted by atomic mass is 10.0. The van der Waals surface area contributed by atoms with Crippen molar-refractivity contribution in [1.29, 1.82) is 0 Å². The molecule has 22 heavy (non-hydrogen) atoms. The van der Waals surface area contributed by atoms with Gasteiger partial charge in [-0.25, -0.2) is 13.1 Å². The smallest absolute Gasteiger partial charge is 0.240 e. The maximum Gasteiger partial charge on any atom is 0.240 e. The summed E-state index contributed by atoms with van der Waals surface area (Å²) >= 11 is 0. The van der Waals surface area contributed by atoms with Crippen LogP contribution in [0.5, 0.6) is 0 Å². The van der Waals surface area contributed by atoms with Crippen LogP contribution in [-0.2, 0) is 10.0 Å². The van der Waals surface area contributed by atoms with Crippen molar-refractivity contribution >= 4 is 10.0 Å². The molecule has 0 aliphatic carbocycles. The summed E-state index contributed by atoms with van der Waals surface area (Å²) in [5, 5.41) is 0. The van der Waals surface area contributed by atoms with E-state index in [0.29, 0.717) is 11.4 Å². The maximum atomic E-state index is 12.4. The number of hydrogen-bond acceptors (Lipinski definition) is 3. The molecule has 1 aromatic carbocycles. The summed E-state index contributed by atoms with van der Waals surface area (Å²) in [4.78, 5) is 2.85. The fourth-order valence-electron chi connectivity index (χ4n) is 3.07. The van der Waals surface area contributed by atoms with Crippen molar-refractivity contribution in [3.8, 4) is 0 Å². The summed E-state index contributed by atoms with van der Waals surface area (Å²) in [7, 11) is -3.40. The van der Waals surface area contributed by atoms with Gasteiger partial charge in [-0.2, -0.15) is 0 Å². The first-order chi connectivity index (χ1) is 10.4. The summed E-state index contributed by atoms with van der Waals surface area (Å²) in [6.07, 6.45) is 3.43. The van der Waals surface area contributed by atoms with Crippen molar-refractivity contribution in [1.82, 2.24) is 9.62 Å². The van der Waals surface area contributed by atoms with Crippen molar-refractivity contribution in [2.45, 2.75) is 44.9 Å². The summed E-state index contributed by atoms with van der Waals surface area (Å²) in [5.74, 6) is 0.764. The van der Waals surface area contributed by atoms with Crippen LogP contribution >= 0.6 is 0 Å². The minimum Gasteiger partial charge on any atom is -0.303 e. The molecule has 0 unspecified atom stereocenters. The summed E-state index contributed by atoms with van der Waals surface area (Å²) in [6, 6.07) is 5.54. The predicted molar refractivity (Wildman–Crippen MR) is 90.6 cm³/mol. The Kier molecular flexibility index (Phi) is 6.01. The number of likely N-dealkylation sites (tertiary alicyclic amines) is 1. The van der Waals surface area contributed by atoms with E-state index >= 15 is 0 Å². The van der Waals surface area contributed by atoms with Crippen LogP contribution in [0.15, 0.2) is 23.1 Å². The first kappa shape index (κ1) is 17.4. The SMILES string of the molecule is Cc1ccc(C)c(S(=O)(=O)NCCCN2CCC[C@@H](C)C2)c1. The van der Waals surface area contributed by atoms with Crippen LogP contribution in [0.3, 0.4) is 0 Å². The molecule has 1 heterocycles. The van der Waals surface area contributed by atoms with Crippen LogP contribution in [-0.4, -0.2) is 39.5 Å². The summed E-state index contributed by atoms with van der Waals surface area (Å²) in [5.41, 5.74) is 1.76. The molecule has 1 aromatic rings. The highest BCUT2D eigenvalue weighted by Crippen LogP contribution is 2.17. The van der Waals surface area contributed by atoms with Crippen molar-refractivity contribution in [3.63, 3.8) is 0 Å². The van der Waals surface area contributed by atoms with E-state index in [9.17, 15) is 8.42 Å². The van der Waals surface area contributed by atoms with E-state index in [-0.39, 0.29) is 0 Å². The van der Waals surface area contributed by atoms with Crippen LogP contribution in [0.1, 0.15) is 37.3 Å². The topological polar surface area (TPSA) is 49.4 Å². The van der Waals surface area contributed by atoms with Gasteiger partial charge in [-0.15, -0.1) is 0 Å². The number of sulfonamides is 1. The Morgan fingerprint density at radius 2 is 2.09 bits per heavy atom. The molecule has 1 saturated heterocycles. The quantitative estimate of drug-likeness (QED) is 0.819. The van der Waals surface area contributed by atoms with Gasteiger partial charge in [0.05, 0.1) is 4.90 Å². The summed E-state index contributed by atoms with van der Waals surface area (Å²) in [6.45, 7) is 9.80. The Hall–Kier alpha value is -0.910. The van der Waals surface area contributed by atoms with Crippen LogP contribution in [0.4, 0.5) is 0 Å². The monoisotopic (exact) mass is 324 g/mol. The van der Waals surface area contributed by atoms with Gasteiger partial charge in [-0.3, -0.25) is 0 Å². The number of benzene rings is 1. The molecular weight excluding hydrogens is 296 g/mol. The van der Waals surface area contributed by atoms with Gasteiger partial charge in [0, 0.05) is 13.1 Å². The first-order valence-electron chi connectivity index (χ1n) is 8.18. The van der Waals surface area contributed by atoms with Crippen LogP contribution in [0.2, 0.25) is 0 Å². The Balaban J connectivity index is 1.84. The molecule has 1 atom stereocenters. The van der Waals surface area contributed by atoms with Gasteiger partial charge in [0.15, 0.2) is 0 Å². The molecule has 0 radical (unpaired) electrons. The molecule has 1 aliphatic rings. The van der Waals surface area contributed by atoms with E-state index in [1.54, 1.807) is 6.07 Å². The van der Waals surface area contributed by atoms with Gasteiger partial charge < -0.3 is 4.90 Å². The molecule has 1 N–H and O–H groups in total. The number of piperidine rings is 1. The van der Waals surface area contributed by atoms with E-state index in [2.05, 4.69) is 16.5 Å². The minimum atomic E-state index is -3.40. The number of nitrogens with one attached hydrogen (secondary N) is 1. The molecule has 0 spiro atoms. The molecule has 0 saturated carbocycles. The molecule has 1 aliphatic heterocycles. The molecule has 0 bridgehead atoms. The zero-order valence-corrected chi connectivity index (χ0v) is 14.7. The third kappa shape index (κ3) is 4.80. The minimum absolute atomic E-state index is 0.402. The number of rotatable bonds is 6. The second-order valence-corrected chi connectivity index (χ2v) is 8.30. The molecule has 2 rings (SSSR count). The van der Waals surface area contributed by atoms with Crippen molar-refractivity contribution in [2.75, 3.05) is 26.2 Å². The highest BCUT2D eigenvalue weighted by molar-refractivity contribution is 7.89. The fourth-order valence-corrected chi connectivity index (χ4v) is 4.48. The average molecular weight is 324 g/mol. The first-order valence-corrected chi connectivity index (χ1v) is 9.66. The lowest BCUT2D eigenvalue weighted by molar-refractivity contribution is 0.182. The Labute approximate surface area is 135 Å². The van der Waals surface area contributed by atoms with E-state index in [1.165, 1.54) is 12.8 Å². The molecular formula is C17H28N2O2S. The standard InChI is InChI=1S/C17H28N2O2S/c1-14-7-8-16(3)17(12-14)22(20,21)18-9-5-11-19-10-4-6-15(2)13-19/h7-8,12,15,18H,4-6,9-11,13H2,1-3H3/t15-/m1/s1. The van der Waals surface area contributed by atoms with Crippen molar-refractivity contribution in [3.05, 3.63) is 29.3 Å². The third-order valence-corrected chi connectivity index (χ3v) is 5.92. The third-order valence-electron chi connectivity index (χ3n) is 4.32. The number of nitrogens with zero attached hydrogens (tertiary/aromatic N) is 1. The Bertz CT molecular complexity index is 599.